The molecule has 0 amide bonds. The van der Waals surface area contributed by atoms with Crippen molar-refractivity contribution in [1.29, 1.82) is 0 Å². The van der Waals surface area contributed by atoms with E-state index < -0.39 is 17.8 Å². The maximum absolute atomic E-state index is 12.6. The number of alkyl halides is 3. The lowest BCUT2D eigenvalue weighted by molar-refractivity contribution is -0.137. The van der Waals surface area contributed by atoms with E-state index in [1.807, 2.05) is 0 Å². The third-order valence-electron chi connectivity index (χ3n) is 2.86. The van der Waals surface area contributed by atoms with Gasteiger partial charge in [0, 0.05) is 5.69 Å². The Morgan fingerprint density at radius 1 is 1.10 bits per heavy atom. The Kier molecular flexibility index (Phi) is 4.37. The molecular formula is C15H14F3NO2. The topological polar surface area (TPSA) is 55.5 Å². The summed E-state index contributed by atoms with van der Waals surface area (Å²) in [5, 5.41) is 9.93. The third-order valence-corrected chi connectivity index (χ3v) is 2.86. The highest BCUT2D eigenvalue weighted by Crippen LogP contribution is 2.31. The van der Waals surface area contributed by atoms with Crippen LogP contribution in [0.1, 0.15) is 17.2 Å². The van der Waals surface area contributed by atoms with E-state index >= 15 is 0 Å². The van der Waals surface area contributed by atoms with Gasteiger partial charge in [-0.05, 0) is 35.9 Å². The van der Waals surface area contributed by atoms with Gasteiger partial charge in [0.15, 0.2) is 0 Å². The number of ether oxygens (including phenoxy) is 1. The van der Waals surface area contributed by atoms with Crippen molar-refractivity contribution in [3.8, 4) is 5.75 Å². The number of hydrogen-bond acceptors (Lipinski definition) is 3. The van der Waals surface area contributed by atoms with E-state index in [2.05, 4.69) is 0 Å². The van der Waals surface area contributed by atoms with Crippen LogP contribution in [0, 0.1) is 0 Å². The number of anilines is 1. The molecule has 2 aromatic rings. The molecule has 21 heavy (non-hydrogen) atoms. The monoisotopic (exact) mass is 297 g/mol. The van der Waals surface area contributed by atoms with Crippen LogP contribution in [-0.2, 0) is 6.18 Å². The standard InChI is InChI=1S/C15H14F3NO2/c16-15(17,18)11-4-2-6-13(8-11)21-9-14(20)10-3-1-5-12(19)7-10/h1-8,14,20H,9,19H2. The molecule has 0 saturated carbocycles. The van der Waals surface area contributed by atoms with Gasteiger partial charge in [-0.15, -0.1) is 0 Å². The first-order chi connectivity index (χ1) is 9.86. The number of rotatable bonds is 4. The van der Waals surface area contributed by atoms with E-state index in [1.54, 1.807) is 24.3 Å². The largest absolute Gasteiger partial charge is 0.491 e. The Morgan fingerprint density at radius 2 is 1.81 bits per heavy atom. The molecule has 0 fully saturated rings. The van der Waals surface area contributed by atoms with Gasteiger partial charge in [-0.2, -0.15) is 13.2 Å². The molecule has 0 radical (unpaired) electrons. The third kappa shape index (κ3) is 4.13. The SMILES string of the molecule is Nc1cccc(C(O)COc2cccc(C(F)(F)F)c2)c1. The molecule has 0 aliphatic carbocycles. The van der Waals surface area contributed by atoms with Crippen molar-refractivity contribution >= 4 is 5.69 Å². The Bertz CT molecular complexity index is 614. The van der Waals surface area contributed by atoms with Gasteiger partial charge in [0.05, 0.1) is 5.56 Å². The van der Waals surface area contributed by atoms with Gasteiger partial charge in [-0.25, -0.2) is 0 Å². The number of halogens is 3. The van der Waals surface area contributed by atoms with Crippen molar-refractivity contribution in [3.63, 3.8) is 0 Å². The molecule has 1 unspecified atom stereocenters. The van der Waals surface area contributed by atoms with Crippen molar-refractivity contribution in [2.45, 2.75) is 12.3 Å². The second kappa shape index (κ2) is 6.05. The van der Waals surface area contributed by atoms with Gasteiger partial charge in [-0.1, -0.05) is 18.2 Å². The number of nitrogen functional groups attached to an aromatic ring is 1. The lowest BCUT2D eigenvalue weighted by Gasteiger charge is -2.14. The maximum Gasteiger partial charge on any atom is 0.416 e. The summed E-state index contributed by atoms with van der Waals surface area (Å²) in [4.78, 5) is 0. The lowest BCUT2D eigenvalue weighted by Crippen LogP contribution is -2.11. The molecule has 0 aliphatic heterocycles. The average molecular weight is 297 g/mol. The van der Waals surface area contributed by atoms with E-state index in [1.165, 1.54) is 12.1 Å². The molecule has 1 atom stereocenters. The molecule has 3 nitrogen and oxygen atoms in total. The number of hydrogen-bond donors (Lipinski definition) is 2. The highest BCUT2D eigenvalue weighted by atomic mass is 19.4. The van der Waals surface area contributed by atoms with Crippen LogP contribution >= 0.6 is 0 Å². The molecular weight excluding hydrogens is 283 g/mol. The number of benzene rings is 2. The van der Waals surface area contributed by atoms with Crippen LogP contribution < -0.4 is 10.5 Å². The molecule has 0 aromatic heterocycles. The van der Waals surface area contributed by atoms with Gasteiger partial charge in [0.2, 0.25) is 0 Å². The van der Waals surface area contributed by atoms with Crippen LogP contribution in [0.3, 0.4) is 0 Å². The van der Waals surface area contributed by atoms with Crippen LogP contribution in [0.4, 0.5) is 18.9 Å². The summed E-state index contributed by atoms with van der Waals surface area (Å²) in [7, 11) is 0. The van der Waals surface area contributed by atoms with E-state index in [0.717, 1.165) is 12.1 Å². The van der Waals surface area contributed by atoms with Crippen molar-refractivity contribution in [2.24, 2.45) is 0 Å². The van der Waals surface area contributed by atoms with Crippen LogP contribution in [-0.4, -0.2) is 11.7 Å². The minimum atomic E-state index is -4.42. The second-order valence-electron chi connectivity index (χ2n) is 4.52. The molecule has 0 bridgehead atoms. The van der Waals surface area contributed by atoms with Crippen LogP contribution in [0.5, 0.6) is 5.75 Å². The van der Waals surface area contributed by atoms with Gasteiger partial charge < -0.3 is 15.6 Å². The Morgan fingerprint density at radius 3 is 2.48 bits per heavy atom. The van der Waals surface area contributed by atoms with Crippen molar-refractivity contribution in [1.82, 2.24) is 0 Å². The fraction of sp³-hybridized carbons (Fsp3) is 0.200. The maximum atomic E-state index is 12.6. The van der Waals surface area contributed by atoms with Gasteiger partial charge in [-0.3, -0.25) is 0 Å². The first-order valence-corrected chi connectivity index (χ1v) is 6.20. The average Bonchev–Trinajstić information content (AvgIpc) is 2.44. The number of nitrogens with two attached hydrogens (primary N) is 1. The summed E-state index contributed by atoms with van der Waals surface area (Å²) in [6, 6.07) is 11.1. The Hall–Kier alpha value is -2.21. The summed E-state index contributed by atoms with van der Waals surface area (Å²) in [5.41, 5.74) is 5.84. The minimum Gasteiger partial charge on any atom is -0.491 e. The fourth-order valence-corrected chi connectivity index (χ4v) is 1.80. The van der Waals surface area contributed by atoms with Crippen molar-refractivity contribution < 1.29 is 23.0 Å². The highest BCUT2D eigenvalue weighted by Gasteiger charge is 2.30. The summed E-state index contributed by atoms with van der Waals surface area (Å²) in [6.45, 7) is -0.162. The van der Waals surface area contributed by atoms with Gasteiger partial charge >= 0.3 is 6.18 Å². The predicted molar refractivity (Wildman–Crippen MR) is 72.8 cm³/mol. The second-order valence-corrected chi connectivity index (χ2v) is 4.52. The minimum absolute atomic E-state index is 0.0489. The van der Waals surface area contributed by atoms with Crippen LogP contribution in [0.25, 0.3) is 0 Å². The summed E-state index contributed by atoms with van der Waals surface area (Å²) in [5.74, 6) is 0.0489. The highest BCUT2D eigenvalue weighted by molar-refractivity contribution is 5.41. The molecule has 0 heterocycles. The Balaban J connectivity index is 2.03. The smallest absolute Gasteiger partial charge is 0.416 e. The van der Waals surface area contributed by atoms with Crippen LogP contribution in [0.2, 0.25) is 0 Å². The molecule has 0 spiro atoms. The van der Waals surface area contributed by atoms with Crippen LogP contribution in [0.15, 0.2) is 48.5 Å². The van der Waals surface area contributed by atoms with E-state index in [-0.39, 0.29) is 12.4 Å². The quantitative estimate of drug-likeness (QED) is 0.850. The summed E-state index contributed by atoms with van der Waals surface area (Å²) >= 11 is 0. The predicted octanol–water partition coefficient (Wildman–Crippen LogP) is 3.40. The lowest BCUT2D eigenvalue weighted by atomic mass is 10.1. The molecule has 112 valence electrons. The van der Waals surface area contributed by atoms with Crippen molar-refractivity contribution in [2.75, 3.05) is 12.3 Å². The zero-order valence-corrected chi connectivity index (χ0v) is 11.0. The van der Waals surface area contributed by atoms with Gasteiger partial charge in [0.1, 0.15) is 18.5 Å². The molecule has 0 saturated heterocycles. The molecule has 0 aliphatic rings. The zero-order chi connectivity index (χ0) is 15.5. The Labute approximate surface area is 119 Å². The fourth-order valence-electron chi connectivity index (χ4n) is 1.80. The molecule has 2 rings (SSSR count). The van der Waals surface area contributed by atoms with Crippen molar-refractivity contribution in [3.05, 3.63) is 59.7 Å². The molecule has 6 heteroatoms. The van der Waals surface area contributed by atoms with Gasteiger partial charge in [0.25, 0.3) is 0 Å². The normalized spacial score (nSPS) is 13.0. The van der Waals surface area contributed by atoms with E-state index in [9.17, 15) is 18.3 Å². The first-order valence-electron chi connectivity index (χ1n) is 6.20. The van der Waals surface area contributed by atoms with E-state index in [0.29, 0.717) is 11.3 Å². The zero-order valence-electron chi connectivity index (χ0n) is 11.0. The number of aliphatic hydroxyl groups is 1. The summed E-state index contributed by atoms with van der Waals surface area (Å²) < 4.78 is 42.9. The molecule has 3 N–H and O–H groups in total. The van der Waals surface area contributed by atoms with E-state index in [4.69, 9.17) is 10.5 Å². The number of aliphatic hydroxyl groups excluding tert-OH is 1. The summed E-state index contributed by atoms with van der Waals surface area (Å²) in [6.07, 6.45) is -5.39. The molecule has 2 aromatic carbocycles. The first kappa shape index (κ1) is 15.2.